The van der Waals surface area contributed by atoms with Gasteiger partial charge in [0.05, 0.1) is 5.52 Å². The van der Waals surface area contributed by atoms with Gasteiger partial charge in [-0.1, -0.05) is 23.7 Å². The van der Waals surface area contributed by atoms with Crippen molar-refractivity contribution < 1.29 is 0 Å². The second kappa shape index (κ2) is 5.68. The standard InChI is InChI=1S/C15H19ClN2/c1-11-6-7-12-10-13(5-4-8-18(2)3)15(16)17-14(12)9-11/h6-7,9-10H,4-5,8H2,1-3H3. The molecule has 1 aromatic heterocycles. The van der Waals surface area contributed by atoms with Crippen molar-refractivity contribution in [2.45, 2.75) is 19.8 Å². The molecule has 1 heterocycles. The van der Waals surface area contributed by atoms with E-state index in [1.165, 1.54) is 10.9 Å². The van der Waals surface area contributed by atoms with E-state index in [1.807, 2.05) is 0 Å². The molecule has 2 aromatic rings. The van der Waals surface area contributed by atoms with Crippen LogP contribution in [0.2, 0.25) is 5.15 Å². The summed E-state index contributed by atoms with van der Waals surface area (Å²) in [5.74, 6) is 0. The van der Waals surface area contributed by atoms with Crippen LogP contribution in [-0.2, 0) is 6.42 Å². The minimum absolute atomic E-state index is 0.645. The van der Waals surface area contributed by atoms with Gasteiger partial charge >= 0.3 is 0 Å². The number of aryl methyl sites for hydroxylation is 2. The third-order valence-corrected chi connectivity index (χ3v) is 3.38. The van der Waals surface area contributed by atoms with Crippen molar-refractivity contribution in [3.8, 4) is 0 Å². The zero-order chi connectivity index (χ0) is 13.1. The Morgan fingerprint density at radius 2 is 2.00 bits per heavy atom. The molecule has 2 rings (SSSR count). The maximum Gasteiger partial charge on any atom is 0.132 e. The van der Waals surface area contributed by atoms with Crippen LogP contribution in [0.5, 0.6) is 0 Å². The Morgan fingerprint density at radius 3 is 2.72 bits per heavy atom. The Labute approximate surface area is 114 Å². The number of hydrogen-bond acceptors (Lipinski definition) is 2. The summed E-state index contributed by atoms with van der Waals surface area (Å²) in [5, 5.41) is 1.82. The summed E-state index contributed by atoms with van der Waals surface area (Å²) < 4.78 is 0. The van der Waals surface area contributed by atoms with Gasteiger partial charge in [0.25, 0.3) is 0 Å². The third kappa shape index (κ3) is 3.21. The van der Waals surface area contributed by atoms with Crippen molar-refractivity contribution in [3.63, 3.8) is 0 Å². The highest BCUT2D eigenvalue weighted by atomic mass is 35.5. The SMILES string of the molecule is Cc1ccc2cc(CCCN(C)C)c(Cl)nc2c1. The quantitative estimate of drug-likeness (QED) is 0.782. The highest BCUT2D eigenvalue weighted by Crippen LogP contribution is 2.22. The van der Waals surface area contributed by atoms with E-state index in [4.69, 9.17) is 11.6 Å². The van der Waals surface area contributed by atoms with Crippen molar-refractivity contribution in [2.75, 3.05) is 20.6 Å². The molecule has 3 heteroatoms. The molecule has 0 aliphatic rings. The van der Waals surface area contributed by atoms with E-state index in [2.05, 4.69) is 55.2 Å². The van der Waals surface area contributed by atoms with Crippen molar-refractivity contribution in [1.29, 1.82) is 0 Å². The molecule has 0 N–H and O–H groups in total. The Bertz CT molecular complexity index is 549. The van der Waals surface area contributed by atoms with Crippen LogP contribution in [0.25, 0.3) is 10.9 Å². The molecule has 0 fully saturated rings. The molecule has 0 aliphatic heterocycles. The molecule has 0 aliphatic carbocycles. The Kier molecular flexibility index (Phi) is 4.20. The van der Waals surface area contributed by atoms with Crippen LogP contribution in [0.3, 0.4) is 0 Å². The van der Waals surface area contributed by atoms with Gasteiger partial charge in [0.2, 0.25) is 0 Å². The maximum atomic E-state index is 6.25. The number of rotatable bonds is 4. The van der Waals surface area contributed by atoms with Crippen LogP contribution in [0, 0.1) is 6.92 Å². The molecule has 0 unspecified atom stereocenters. The van der Waals surface area contributed by atoms with E-state index in [0.717, 1.165) is 30.5 Å². The molecule has 1 aromatic carbocycles. The van der Waals surface area contributed by atoms with Crippen LogP contribution >= 0.6 is 11.6 Å². The lowest BCUT2D eigenvalue weighted by Crippen LogP contribution is -2.13. The highest BCUT2D eigenvalue weighted by molar-refractivity contribution is 6.30. The van der Waals surface area contributed by atoms with Gasteiger partial charge in [0.15, 0.2) is 0 Å². The van der Waals surface area contributed by atoms with E-state index in [0.29, 0.717) is 5.15 Å². The molecule has 0 radical (unpaired) electrons. The van der Waals surface area contributed by atoms with Gasteiger partial charge in [0, 0.05) is 5.39 Å². The zero-order valence-electron chi connectivity index (χ0n) is 11.2. The third-order valence-electron chi connectivity index (χ3n) is 3.05. The van der Waals surface area contributed by atoms with Crippen LogP contribution in [-0.4, -0.2) is 30.5 Å². The van der Waals surface area contributed by atoms with Crippen LogP contribution < -0.4 is 0 Å². The van der Waals surface area contributed by atoms with E-state index in [1.54, 1.807) is 0 Å². The summed E-state index contributed by atoms with van der Waals surface area (Å²) in [5.41, 5.74) is 3.35. The average Bonchev–Trinajstić information content (AvgIpc) is 2.29. The fourth-order valence-electron chi connectivity index (χ4n) is 2.06. The first-order valence-electron chi connectivity index (χ1n) is 6.27. The minimum Gasteiger partial charge on any atom is -0.309 e. The second-order valence-corrected chi connectivity index (χ2v) is 5.40. The monoisotopic (exact) mass is 262 g/mol. The zero-order valence-corrected chi connectivity index (χ0v) is 12.0. The summed E-state index contributed by atoms with van der Waals surface area (Å²) in [6, 6.07) is 8.47. The summed E-state index contributed by atoms with van der Waals surface area (Å²) in [6.45, 7) is 3.14. The number of benzene rings is 1. The molecular formula is C15H19ClN2. The molecule has 0 saturated carbocycles. The number of nitrogens with zero attached hydrogens (tertiary/aromatic N) is 2. The van der Waals surface area contributed by atoms with Crippen molar-refractivity contribution >= 4 is 22.5 Å². The topological polar surface area (TPSA) is 16.1 Å². The number of hydrogen-bond donors (Lipinski definition) is 0. The lowest BCUT2D eigenvalue weighted by molar-refractivity contribution is 0.400. The van der Waals surface area contributed by atoms with Gasteiger partial charge in [-0.2, -0.15) is 0 Å². The van der Waals surface area contributed by atoms with Crippen LogP contribution in [0.4, 0.5) is 0 Å². The number of pyridine rings is 1. The van der Waals surface area contributed by atoms with Crippen molar-refractivity contribution in [3.05, 3.63) is 40.5 Å². The lowest BCUT2D eigenvalue weighted by atomic mass is 10.1. The van der Waals surface area contributed by atoms with Gasteiger partial charge in [-0.15, -0.1) is 0 Å². The smallest absolute Gasteiger partial charge is 0.132 e. The fraction of sp³-hybridized carbons (Fsp3) is 0.400. The van der Waals surface area contributed by atoms with Gasteiger partial charge in [-0.3, -0.25) is 0 Å². The van der Waals surface area contributed by atoms with Crippen molar-refractivity contribution in [1.82, 2.24) is 9.88 Å². The molecule has 2 nitrogen and oxygen atoms in total. The lowest BCUT2D eigenvalue weighted by Gasteiger charge is -2.10. The van der Waals surface area contributed by atoms with E-state index >= 15 is 0 Å². The predicted molar refractivity (Wildman–Crippen MR) is 78.4 cm³/mol. The largest absolute Gasteiger partial charge is 0.309 e. The van der Waals surface area contributed by atoms with Gasteiger partial charge < -0.3 is 4.90 Å². The molecule has 0 bridgehead atoms. The van der Waals surface area contributed by atoms with E-state index in [-0.39, 0.29) is 0 Å². The second-order valence-electron chi connectivity index (χ2n) is 5.04. The molecule has 0 amide bonds. The molecule has 18 heavy (non-hydrogen) atoms. The summed E-state index contributed by atoms with van der Waals surface area (Å²) >= 11 is 6.25. The van der Waals surface area contributed by atoms with Gasteiger partial charge in [-0.25, -0.2) is 4.98 Å². The summed E-state index contributed by atoms with van der Waals surface area (Å²) in [6.07, 6.45) is 2.08. The molecule has 0 spiro atoms. The number of halogens is 1. The van der Waals surface area contributed by atoms with E-state index < -0.39 is 0 Å². The van der Waals surface area contributed by atoms with Crippen molar-refractivity contribution in [2.24, 2.45) is 0 Å². The maximum absolute atomic E-state index is 6.25. The molecule has 0 atom stereocenters. The fourth-order valence-corrected chi connectivity index (χ4v) is 2.30. The molecule has 96 valence electrons. The summed E-state index contributed by atoms with van der Waals surface area (Å²) in [7, 11) is 4.17. The van der Waals surface area contributed by atoms with Gasteiger partial charge in [0.1, 0.15) is 5.15 Å². The van der Waals surface area contributed by atoms with Gasteiger partial charge in [-0.05, 0) is 63.7 Å². The highest BCUT2D eigenvalue weighted by Gasteiger charge is 2.05. The summed E-state index contributed by atoms with van der Waals surface area (Å²) in [4.78, 5) is 6.67. The Morgan fingerprint density at radius 1 is 1.22 bits per heavy atom. The molecule has 0 saturated heterocycles. The first kappa shape index (κ1) is 13.3. The van der Waals surface area contributed by atoms with Crippen LogP contribution in [0.15, 0.2) is 24.3 Å². The predicted octanol–water partition coefficient (Wildman–Crippen LogP) is 3.69. The number of fused-ring (bicyclic) bond motifs is 1. The van der Waals surface area contributed by atoms with E-state index in [9.17, 15) is 0 Å². The normalized spacial score (nSPS) is 11.4. The first-order chi connectivity index (χ1) is 8.56. The van der Waals surface area contributed by atoms with Crippen LogP contribution in [0.1, 0.15) is 17.5 Å². The first-order valence-corrected chi connectivity index (χ1v) is 6.64. The Balaban J connectivity index is 2.23. The number of aromatic nitrogens is 1. The Hall–Kier alpha value is -1.12. The minimum atomic E-state index is 0.645. The average molecular weight is 263 g/mol. The molecular weight excluding hydrogens is 244 g/mol.